The van der Waals surface area contributed by atoms with Crippen LogP contribution in [-0.4, -0.2) is 72.2 Å². The zero-order chi connectivity index (χ0) is 17.8. The van der Waals surface area contributed by atoms with Crippen molar-refractivity contribution in [2.75, 3.05) is 46.4 Å². The molecule has 1 aromatic rings. The molecule has 2 aliphatic heterocycles. The van der Waals surface area contributed by atoms with E-state index < -0.39 is 0 Å². The van der Waals surface area contributed by atoms with Gasteiger partial charge in [-0.05, 0) is 33.2 Å². The lowest BCUT2D eigenvalue weighted by Crippen LogP contribution is -2.41. The van der Waals surface area contributed by atoms with Gasteiger partial charge >= 0.3 is 0 Å². The maximum atomic E-state index is 13.1. The fourth-order valence-electron chi connectivity index (χ4n) is 3.96. The molecule has 2 atom stereocenters. The molecule has 1 aromatic heterocycles. The molecule has 1 unspecified atom stereocenters. The first-order valence-electron chi connectivity index (χ1n) is 9.35. The molecule has 0 radical (unpaired) electrons. The third-order valence-electron chi connectivity index (χ3n) is 5.27. The van der Waals surface area contributed by atoms with Crippen LogP contribution < -0.4 is 5.32 Å². The predicted molar refractivity (Wildman–Crippen MR) is 99.8 cm³/mol. The molecule has 140 valence electrons. The van der Waals surface area contributed by atoms with Crippen molar-refractivity contribution in [2.45, 2.75) is 38.6 Å². The number of nitrogens with one attached hydrogen (secondary N) is 1. The average Bonchev–Trinajstić information content (AvgIpc) is 3.21. The second-order valence-corrected chi connectivity index (χ2v) is 8.50. The van der Waals surface area contributed by atoms with E-state index in [1.54, 1.807) is 11.3 Å². The smallest absolute Gasteiger partial charge is 0.227 e. The highest BCUT2D eigenvalue weighted by Gasteiger charge is 2.39. The van der Waals surface area contributed by atoms with Crippen LogP contribution in [0.5, 0.6) is 0 Å². The molecule has 0 aliphatic carbocycles. The topological polar surface area (TPSA) is 68.7 Å². The van der Waals surface area contributed by atoms with Crippen molar-refractivity contribution in [2.24, 2.45) is 5.92 Å². The Morgan fingerprint density at radius 3 is 2.84 bits per heavy atom. The number of aliphatic hydroxyl groups is 1. The normalized spacial score (nSPS) is 24.2. The molecule has 3 heterocycles. The summed E-state index contributed by atoms with van der Waals surface area (Å²) >= 11 is 1.73. The van der Waals surface area contributed by atoms with Crippen LogP contribution in [0.25, 0.3) is 0 Å². The van der Waals surface area contributed by atoms with Gasteiger partial charge in [0.1, 0.15) is 0 Å². The molecule has 2 saturated heterocycles. The third kappa shape index (κ3) is 4.39. The van der Waals surface area contributed by atoms with E-state index in [2.05, 4.69) is 15.1 Å². The SMILES string of the molecule is Cc1nc(CN(C)CCO)c([C@@H]2CNCC2C(=O)N2CCCCC2)s1. The number of thiazole rings is 1. The van der Waals surface area contributed by atoms with Crippen molar-refractivity contribution in [3.63, 3.8) is 0 Å². The summed E-state index contributed by atoms with van der Waals surface area (Å²) < 4.78 is 0. The number of hydrogen-bond donors (Lipinski definition) is 2. The van der Waals surface area contributed by atoms with Gasteiger partial charge in [-0.25, -0.2) is 4.98 Å². The number of carbonyl (C=O) groups is 1. The van der Waals surface area contributed by atoms with Gasteiger partial charge in [0.15, 0.2) is 0 Å². The number of piperidine rings is 1. The van der Waals surface area contributed by atoms with Gasteiger partial charge in [-0.1, -0.05) is 0 Å². The minimum atomic E-state index is 0.0276. The van der Waals surface area contributed by atoms with E-state index in [-0.39, 0.29) is 18.4 Å². The van der Waals surface area contributed by atoms with Gasteiger partial charge in [0.05, 0.1) is 23.2 Å². The van der Waals surface area contributed by atoms with E-state index in [9.17, 15) is 4.79 Å². The summed E-state index contributed by atoms with van der Waals surface area (Å²) in [5.41, 5.74) is 1.07. The quantitative estimate of drug-likeness (QED) is 0.792. The van der Waals surface area contributed by atoms with Gasteiger partial charge in [-0.15, -0.1) is 11.3 Å². The zero-order valence-corrected chi connectivity index (χ0v) is 16.1. The van der Waals surface area contributed by atoms with Crippen LogP contribution >= 0.6 is 11.3 Å². The molecule has 0 spiro atoms. The van der Waals surface area contributed by atoms with Crippen molar-refractivity contribution in [3.8, 4) is 0 Å². The first-order chi connectivity index (χ1) is 12.1. The van der Waals surface area contributed by atoms with E-state index in [1.807, 2.05) is 14.0 Å². The van der Waals surface area contributed by atoms with Crippen molar-refractivity contribution < 1.29 is 9.90 Å². The number of aryl methyl sites for hydroxylation is 1. The van der Waals surface area contributed by atoms with Crippen molar-refractivity contribution in [3.05, 3.63) is 15.6 Å². The number of aromatic nitrogens is 1. The molecule has 0 bridgehead atoms. The van der Waals surface area contributed by atoms with Crippen molar-refractivity contribution in [1.82, 2.24) is 20.1 Å². The maximum absolute atomic E-state index is 13.1. The third-order valence-corrected chi connectivity index (χ3v) is 6.42. The van der Waals surface area contributed by atoms with E-state index >= 15 is 0 Å². The lowest BCUT2D eigenvalue weighted by atomic mass is 9.91. The molecule has 25 heavy (non-hydrogen) atoms. The monoisotopic (exact) mass is 366 g/mol. The Kier molecular flexibility index (Phi) is 6.44. The van der Waals surface area contributed by atoms with Crippen LogP contribution in [0, 0.1) is 12.8 Å². The van der Waals surface area contributed by atoms with Crippen LogP contribution in [-0.2, 0) is 11.3 Å². The second-order valence-electron chi connectivity index (χ2n) is 7.26. The molecule has 2 fully saturated rings. The molecule has 1 amide bonds. The fourth-order valence-corrected chi connectivity index (χ4v) is 5.06. The number of hydrogen-bond acceptors (Lipinski definition) is 6. The molecule has 2 N–H and O–H groups in total. The van der Waals surface area contributed by atoms with Gasteiger partial charge in [0.25, 0.3) is 0 Å². The number of amides is 1. The highest BCUT2D eigenvalue weighted by Crippen LogP contribution is 2.36. The van der Waals surface area contributed by atoms with Gasteiger partial charge in [-0.3, -0.25) is 9.69 Å². The van der Waals surface area contributed by atoms with Gasteiger partial charge in [0.2, 0.25) is 5.91 Å². The number of carbonyl (C=O) groups excluding carboxylic acids is 1. The zero-order valence-electron chi connectivity index (χ0n) is 15.3. The molecule has 0 aromatic carbocycles. The first kappa shape index (κ1) is 18.8. The van der Waals surface area contributed by atoms with Crippen molar-refractivity contribution >= 4 is 17.2 Å². The number of likely N-dealkylation sites (N-methyl/N-ethyl adjacent to an activating group) is 1. The summed E-state index contributed by atoms with van der Waals surface area (Å²) in [5, 5.41) is 13.6. The van der Waals surface area contributed by atoms with Gasteiger partial charge in [0, 0.05) is 50.1 Å². The Morgan fingerprint density at radius 1 is 1.36 bits per heavy atom. The number of likely N-dealkylation sites (tertiary alicyclic amines) is 1. The minimum Gasteiger partial charge on any atom is -0.395 e. The first-order valence-corrected chi connectivity index (χ1v) is 10.2. The Labute approximate surface area is 154 Å². The minimum absolute atomic E-state index is 0.0276. The number of nitrogens with zero attached hydrogens (tertiary/aromatic N) is 3. The Hall–Kier alpha value is -1.02. The Morgan fingerprint density at radius 2 is 2.12 bits per heavy atom. The fraction of sp³-hybridized carbons (Fsp3) is 0.778. The lowest BCUT2D eigenvalue weighted by Gasteiger charge is -2.31. The molecule has 0 saturated carbocycles. The predicted octanol–water partition coefficient (Wildman–Crippen LogP) is 1.19. The Balaban J connectivity index is 1.76. The van der Waals surface area contributed by atoms with Crippen LogP contribution in [0.4, 0.5) is 0 Å². The molecule has 3 rings (SSSR count). The van der Waals surface area contributed by atoms with Crippen LogP contribution in [0.15, 0.2) is 0 Å². The van der Waals surface area contributed by atoms with Crippen LogP contribution in [0.1, 0.15) is 40.8 Å². The van der Waals surface area contributed by atoms with Gasteiger partial charge in [-0.2, -0.15) is 0 Å². The van der Waals surface area contributed by atoms with E-state index in [0.29, 0.717) is 12.5 Å². The standard InChI is InChI=1S/C18H30N4O2S/c1-13-20-16(12-21(2)8-9-23)17(25-13)14-10-19-11-15(14)18(24)22-6-4-3-5-7-22/h14-15,19,23H,3-12H2,1-2H3/t14-,15?/m1/s1. The molecular weight excluding hydrogens is 336 g/mol. The lowest BCUT2D eigenvalue weighted by molar-refractivity contribution is -0.136. The highest BCUT2D eigenvalue weighted by atomic mass is 32.1. The molecule has 7 heteroatoms. The summed E-state index contributed by atoms with van der Waals surface area (Å²) in [7, 11) is 2.00. The Bertz CT molecular complexity index is 586. The van der Waals surface area contributed by atoms with E-state index in [4.69, 9.17) is 10.1 Å². The van der Waals surface area contributed by atoms with Crippen LogP contribution in [0.2, 0.25) is 0 Å². The van der Waals surface area contributed by atoms with Crippen LogP contribution in [0.3, 0.4) is 0 Å². The molecule has 6 nitrogen and oxygen atoms in total. The summed E-state index contributed by atoms with van der Waals surface area (Å²) in [6, 6.07) is 0. The maximum Gasteiger partial charge on any atom is 0.227 e. The van der Waals surface area contributed by atoms with E-state index in [1.165, 1.54) is 11.3 Å². The summed E-state index contributed by atoms with van der Waals surface area (Å²) in [5.74, 6) is 0.563. The van der Waals surface area contributed by atoms with E-state index in [0.717, 1.165) is 56.3 Å². The number of aliphatic hydroxyl groups excluding tert-OH is 1. The molecular formula is C18H30N4O2S. The number of rotatable bonds is 6. The summed E-state index contributed by atoms with van der Waals surface area (Å²) in [6.45, 7) is 6.98. The average molecular weight is 367 g/mol. The van der Waals surface area contributed by atoms with Gasteiger partial charge < -0.3 is 15.3 Å². The molecule has 2 aliphatic rings. The largest absolute Gasteiger partial charge is 0.395 e. The summed E-state index contributed by atoms with van der Waals surface area (Å²) in [4.78, 5) is 23.2. The highest BCUT2D eigenvalue weighted by molar-refractivity contribution is 7.11. The van der Waals surface area contributed by atoms with Crippen molar-refractivity contribution in [1.29, 1.82) is 0 Å². The summed E-state index contributed by atoms with van der Waals surface area (Å²) in [6.07, 6.45) is 3.51. The second kappa shape index (κ2) is 8.58.